The predicted molar refractivity (Wildman–Crippen MR) is 84.1 cm³/mol. The number of benzene rings is 1. The van der Waals surface area contributed by atoms with E-state index >= 15 is 0 Å². The van der Waals surface area contributed by atoms with Crippen LogP contribution >= 0.6 is 0 Å². The maximum absolute atomic E-state index is 13.2. The lowest BCUT2D eigenvalue weighted by Gasteiger charge is -2.42. The Bertz CT molecular complexity index is 437. The van der Waals surface area contributed by atoms with Crippen molar-refractivity contribution in [3.05, 3.63) is 47.8 Å². The monoisotopic (exact) mass is 278 g/mol. The topological polar surface area (TPSA) is 29.3 Å². The lowest BCUT2D eigenvalue weighted by Crippen LogP contribution is -2.54. The first kappa shape index (κ1) is 16.9. The molecule has 2 nitrogen and oxygen atoms in total. The molecule has 0 spiro atoms. The van der Waals surface area contributed by atoms with Gasteiger partial charge in [-0.15, -0.1) is 6.58 Å². The molecule has 0 aliphatic rings. The average Bonchev–Trinajstić information content (AvgIpc) is 2.39. The third kappa shape index (κ3) is 3.68. The minimum Gasteiger partial charge on any atom is -0.320 e. The van der Waals surface area contributed by atoms with Gasteiger partial charge in [0.15, 0.2) is 0 Å². The van der Waals surface area contributed by atoms with Crippen LogP contribution in [0.4, 0.5) is 4.39 Å². The van der Waals surface area contributed by atoms with Crippen molar-refractivity contribution in [2.24, 2.45) is 5.73 Å². The highest BCUT2D eigenvalue weighted by Crippen LogP contribution is 2.32. The fourth-order valence-corrected chi connectivity index (χ4v) is 2.85. The van der Waals surface area contributed by atoms with Gasteiger partial charge in [-0.1, -0.05) is 31.6 Å². The first-order valence-corrected chi connectivity index (χ1v) is 7.28. The number of rotatable bonds is 7. The molecule has 0 saturated heterocycles. The molecule has 2 unspecified atom stereocenters. The average molecular weight is 278 g/mol. The van der Waals surface area contributed by atoms with E-state index in [1.54, 1.807) is 12.1 Å². The van der Waals surface area contributed by atoms with Crippen molar-refractivity contribution in [3.63, 3.8) is 0 Å². The zero-order valence-corrected chi connectivity index (χ0v) is 13.1. The summed E-state index contributed by atoms with van der Waals surface area (Å²) in [7, 11) is 0. The summed E-state index contributed by atoms with van der Waals surface area (Å²) in [6, 6.07) is 6.69. The van der Waals surface area contributed by atoms with Crippen LogP contribution in [0.5, 0.6) is 0 Å². The fraction of sp³-hybridized carbons (Fsp3) is 0.529. The van der Waals surface area contributed by atoms with E-state index in [1.165, 1.54) is 12.1 Å². The minimum absolute atomic E-state index is 0.152. The summed E-state index contributed by atoms with van der Waals surface area (Å²) < 4.78 is 13.2. The smallest absolute Gasteiger partial charge is 0.123 e. The Kier molecular flexibility index (Phi) is 5.90. The molecule has 0 aliphatic carbocycles. The van der Waals surface area contributed by atoms with Gasteiger partial charge >= 0.3 is 0 Å². The number of hydrogen-bond acceptors (Lipinski definition) is 2. The number of nitrogens with zero attached hydrogens (tertiary/aromatic N) is 1. The van der Waals surface area contributed by atoms with Crippen LogP contribution in [0.25, 0.3) is 0 Å². The summed E-state index contributed by atoms with van der Waals surface area (Å²) in [4.78, 5) is 2.33. The zero-order valence-electron chi connectivity index (χ0n) is 13.1. The molecule has 1 rings (SSSR count). The molecule has 2 N–H and O–H groups in total. The third-order valence-corrected chi connectivity index (χ3v) is 4.08. The second kappa shape index (κ2) is 7.00. The van der Waals surface area contributed by atoms with E-state index in [-0.39, 0.29) is 11.9 Å². The molecule has 0 aromatic heterocycles. The first-order valence-electron chi connectivity index (χ1n) is 7.28. The maximum atomic E-state index is 13.2. The molecule has 0 saturated carbocycles. The summed E-state index contributed by atoms with van der Waals surface area (Å²) in [5.74, 6) is -0.234. The molecule has 1 aromatic carbocycles. The van der Waals surface area contributed by atoms with Crippen molar-refractivity contribution in [1.29, 1.82) is 0 Å². The van der Waals surface area contributed by atoms with E-state index < -0.39 is 5.54 Å². The van der Waals surface area contributed by atoms with E-state index in [2.05, 4.69) is 32.3 Å². The molecular weight excluding hydrogens is 251 g/mol. The van der Waals surface area contributed by atoms with Crippen molar-refractivity contribution in [2.45, 2.75) is 45.7 Å². The van der Waals surface area contributed by atoms with Crippen LogP contribution < -0.4 is 5.73 Å². The van der Waals surface area contributed by atoms with E-state index in [1.807, 2.05) is 6.92 Å². The van der Waals surface area contributed by atoms with Crippen LogP contribution in [0.1, 0.15) is 39.7 Å². The number of likely N-dealkylation sites (N-methyl/N-ethyl adjacent to an activating group) is 1. The third-order valence-electron chi connectivity index (χ3n) is 4.08. The van der Waals surface area contributed by atoms with E-state index in [0.29, 0.717) is 6.42 Å². The van der Waals surface area contributed by atoms with Crippen molar-refractivity contribution in [1.82, 2.24) is 4.90 Å². The summed E-state index contributed by atoms with van der Waals surface area (Å²) in [6.07, 6.45) is 0.691. The zero-order chi connectivity index (χ0) is 15.3. The lowest BCUT2D eigenvalue weighted by molar-refractivity contribution is 0.142. The van der Waals surface area contributed by atoms with Crippen LogP contribution in [-0.4, -0.2) is 24.0 Å². The molecule has 3 heteroatoms. The van der Waals surface area contributed by atoms with Gasteiger partial charge in [0, 0.05) is 6.04 Å². The van der Waals surface area contributed by atoms with E-state index in [9.17, 15) is 4.39 Å². The van der Waals surface area contributed by atoms with E-state index in [0.717, 1.165) is 24.2 Å². The Morgan fingerprint density at radius 2 is 1.80 bits per heavy atom. The highest BCUT2D eigenvalue weighted by atomic mass is 19.1. The van der Waals surface area contributed by atoms with Gasteiger partial charge in [0.25, 0.3) is 0 Å². The summed E-state index contributed by atoms with van der Waals surface area (Å²) >= 11 is 0. The second-order valence-corrected chi connectivity index (χ2v) is 5.58. The largest absolute Gasteiger partial charge is 0.320 e. The van der Waals surface area contributed by atoms with Crippen LogP contribution in [0.15, 0.2) is 36.4 Å². The van der Waals surface area contributed by atoms with Crippen LogP contribution in [-0.2, 0) is 5.54 Å². The summed E-state index contributed by atoms with van der Waals surface area (Å²) in [5, 5.41) is 0. The van der Waals surface area contributed by atoms with Crippen molar-refractivity contribution < 1.29 is 4.39 Å². The van der Waals surface area contributed by atoms with Gasteiger partial charge < -0.3 is 5.73 Å². The van der Waals surface area contributed by atoms with Gasteiger partial charge in [-0.25, -0.2) is 4.39 Å². The molecule has 0 fully saturated rings. The molecule has 0 heterocycles. The van der Waals surface area contributed by atoms with Crippen LogP contribution in [0.2, 0.25) is 0 Å². The van der Waals surface area contributed by atoms with Gasteiger partial charge in [0.05, 0.1) is 5.54 Å². The first-order chi connectivity index (χ1) is 9.35. The molecule has 20 heavy (non-hydrogen) atoms. The Morgan fingerprint density at radius 1 is 1.30 bits per heavy atom. The molecule has 0 radical (unpaired) electrons. The van der Waals surface area contributed by atoms with Crippen LogP contribution in [0, 0.1) is 5.82 Å². The fourth-order valence-electron chi connectivity index (χ4n) is 2.85. The molecule has 0 aliphatic heterocycles. The van der Waals surface area contributed by atoms with Gasteiger partial charge in [0.1, 0.15) is 5.82 Å². The molecule has 2 atom stereocenters. The van der Waals surface area contributed by atoms with Crippen molar-refractivity contribution in [3.8, 4) is 0 Å². The molecule has 112 valence electrons. The van der Waals surface area contributed by atoms with Gasteiger partial charge in [-0.3, -0.25) is 4.90 Å². The lowest BCUT2D eigenvalue weighted by atomic mass is 9.79. The number of nitrogens with two attached hydrogens (primary N) is 1. The number of hydrogen-bond donors (Lipinski definition) is 1. The highest BCUT2D eigenvalue weighted by Gasteiger charge is 2.36. The van der Waals surface area contributed by atoms with Gasteiger partial charge in [-0.05, 0) is 51.1 Å². The van der Waals surface area contributed by atoms with Gasteiger partial charge in [0.2, 0.25) is 0 Å². The molecule has 0 amide bonds. The Balaban J connectivity index is 3.20. The SMILES string of the molecule is C=C(C)CC(N)(c1ccc(F)cc1)C(C)N(CC)CC. The number of halogens is 1. The van der Waals surface area contributed by atoms with Crippen LogP contribution in [0.3, 0.4) is 0 Å². The van der Waals surface area contributed by atoms with Crippen molar-refractivity contribution >= 4 is 0 Å². The Hall–Kier alpha value is -1.19. The quantitative estimate of drug-likeness (QED) is 0.771. The normalized spacial score (nSPS) is 15.9. The standard InChI is InChI=1S/C17H27FN2/c1-6-20(7-2)14(5)17(19,12-13(3)4)15-8-10-16(18)11-9-15/h8-11,14H,3,6-7,12,19H2,1-2,4-5H3. The summed E-state index contributed by atoms with van der Waals surface area (Å²) in [6.45, 7) is 14.3. The molecule has 0 bridgehead atoms. The minimum atomic E-state index is -0.550. The maximum Gasteiger partial charge on any atom is 0.123 e. The van der Waals surface area contributed by atoms with Gasteiger partial charge in [-0.2, -0.15) is 0 Å². The van der Waals surface area contributed by atoms with E-state index in [4.69, 9.17) is 5.73 Å². The summed E-state index contributed by atoms with van der Waals surface area (Å²) in [5.41, 5.74) is 8.19. The Labute approximate surface area is 122 Å². The Morgan fingerprint density at radius 3 is 2.20 bits per heavy atom. The highest BCUT2D eigenvalue weighted by molar-refractivity contribution is 5.28. The molecular formula is C17H27FN2. The van der Waals surface area contributed by atoms with Crippen molar-refractivity contribution in [2.75, 3.05) is 13.1 Å². The second-order valence-electron chi connectivity index (χ2n) is 5.58. The molecule has 1 aromatic rings. The predicted octanol–water partition coefficient (Wildman–Crippen LogP) is 3.68.